The molecule has 2 bridgehead atoms. The Balaban J connectivity index is 1.61. The van der Waals surface area contributed by atoms with Crippen molar-refractivity contribution in [1.82, 2.24) is 4.90 Å². The van der Waals surface area contributed by atoms with Crippen LogP contribution in [0.1, 0.15) is 25.7 Å². The van der Waals surface area contributed by atoms with Crippen molar-refractivity contribution in [3.8, 4) is 0 Å². The molecule has 1 saturated carbocycles. The number of nitrogens with zero attached hydrogens (tertiary/aromatic N) is 1. The highest BCUT2D eigenvalue weighted by Gasteiger charge is 2.45. The van der Waals surface area contributed by atoms with Crippen LogP contribution in [0, 0.1) is 17.8 Å². The summed E-state index contributed by atoms with van der Waals surface area (Å²) in [6, 6.07) is 0. The summed E-state index contributed by atoms with van der Waals surface area (Å²) in [5.74, 6) is -0.0322. The molecule has 0 radical (unpaired) electrons. The molecule has 3 atom stereocenters. The number of carboxylic acids is 1. The summed E-state index contributed by atoms with van der Waals surface area (Å²) >= 11 is 0. The van der Waals surface area contributed by atoms with E-state index >= 15 is 0 Å². The first-order valence-corrected chi connectivity index (χ1v) is 6.92. The minimum atomic E-state index is -1.65. The maximum Gasteiger partial charge on any atom is 0.335 e. The number of piperidine rings is 1. The molecule has 5 nitrogen and oxygen atoms in total. The first-order chi connectivity index (χ1) is 8.99. The summed E-state index contributed by atoms with van der Waals surface area (Å²) in [4.78, 5) is 25.1. The zero-order chi connectivity index (χ0) is 13.6. The van der Waals surface area contributed by atoms with Crippen LogP contribution in [0.5, 0.6) is 0 Å². The number of hydrogen-bond acceptors (Lipinski definition) is 3. The van der Waals surface area contributed by atoms with Crippen molar-refractivity contribution in [3.63, 3.8) is 0 Å². The number of fused-ring (bicyclic) bond motifs is 2. The van der Waals surface area contributed by atoms with Gasteiger partial charge < -0.3 is 15.1 Å². The summed E-state index contributed by atoms with van der Waals surface area (Å²) in [7, 11) is 0. The second-order valence-electron chi connectivity index (χ2n) is 6.05. The normalized spacial score (nSPS) is 35.6. The molecule has 19 heavy (non-hydrogen) atoms. The molecule has 2 N–H and O–H groups in total. The van der Waals surface area contributed by atoms with Crippen molar-refractivity contribution in [1.29, 1.82) is 0 Å². The number of hydrogen-bond donors (Lipinski definition) is 2. The lowest BCUT2D eigenvalue weighted by Crippen LogP contribution is -2.52. The Bertz CT molecular complexity index is 437. The van der Waals surface area contributed by atoms with Crippen LogP contribution in [0.2, 0.25) is 0 Å². The highest BCUT2D eigenvalue weighted by Crippen LogP contribution is 2.44. The average molecular weight is 265 g/mol. The van der Waals surface area contributed by atoms with E-state index in [1.807, 2.05) is 0 Å². The maximum atomic E-state index is 12.4. The van der Waals surface area contributed by atoms with Crippen LogP contribution < -0.4 is 0 Å². The number of likely N-dealkylation sites (tertiary alicyclic amines) is 1. The van der Waals surface area contributed by atoms with E-state index in [9.17, 15) is 14.7 Å². The number of aliphatic hydroxyl groups is 1. The SMILES string of the molecule is O=C(C1CC2C=CC1C2)N1CCC(O)(C(=O)O)CC1. The van der Waals surface area contributed by atoms with Crippen molar-refractivity contribution >= 4 is 11.9 Å². The second kappa shape index (κ2) is 4.34. The van der Waals surface area contributed by atoms with Crippen molar-refractivity contribution in [2.45, 2.75) is 31.3 Å². The van der Waals surface area contributed by atoms with Gasteiger partial charge in [-0.05, 0) is 24.7 Å². The van der Waals surface area contributed by atoms with Crippen LogP contribution in [0.25, 0.3) is 0 Å². The van der Waals surface area contributed by atoms with E-state index in [0.717, 1.165) is 12.8 Å². The van der Waals surface area contributed by atoms with Gasteiger partial charge in [0, 0.05) is 31.8 Å². The van der Waals surface area contributed by atoms with Gasteiger partial charge in [-0.15, -0.1) is 0 Å². The van der Waals surface area contributed by atoms with Crippen molar-refractivity contribution < 1.29 is 19.8 Å². The Morgan fingerprint density at radius 3 is 2.32 bits per heavy atom. The molecule has 2 fully saturated rings. The first kappa shape index (κ1) is 12.7. The van der Waals surface area contributed by atoms with E-state index in [0.29, 0.717) is 24.9 Å². The molecule has 104 valence electrons. The number of carbonyl (C=O) groups is 2. The molecule has 5 heteroatoms. The fraction of sp³-hybridized carbons (Fsp3) is 0.714. The zero-order valence-corrected chi connectivity index (χ0v) is 10.8. The van der Waals surface area contributed by atoms with Crippen LogP contribution in [-0.4, -0.2) is 45.7 Å². The Hall–Kier alpha value is -1.36. The van der Waals surface area contributed by atoms with Crippen LogP contribution in [0.4, 0.5) is 0 Å². The van der Waals surface area contributed by atoms with Crippen LogP contribution in [-0.2, 0) is 9.59 Å². The topological polar surface area (TPSA) is 77.8 Å². The third-order valence-electron chi connectivity index (χ3n) is 4.90. The number of carboxylic acid groups (broad SMARTS) is 1. The van der Waals surface area contributed by atoms with Gasteiger partial charge in [0.25, 0.3) is 0 Å². The van der Waals surface area contributed by atoms with Crippen molar-refractivity contribution in [3.05, 3.63) is 12.2 Å². The first-order valence-electron chi connectivity index (χ1n) is 6.92. The standard InChI is InChI=1S/C14H19NO4/c16-12(11-8-9-1-2-10(11)7-9)15-5-3-14(19,4-6-15)13(17)18/h1-2,9-11,19H,3-8H2,(H,17,18). The molecule has 1 saturated heterocycles. The van der Waals surface area contributed by atoms with Gasteiger partial charge in [0.05, 0.1) is 0 Å². The number of amides is 1. The van der Waals surface area contributed by atoms with Gasteiger partial charge in [0.2, 0.25) is 5.91 Å². The van der Waals surface area contributed by atoms with Gasteiger partial charge in [-0.1, -0.05) is 12.2 Å². The lowest BCUT2D eigenvalue weighted by molar-refractivity contribution is -0.166. The molecular formula is C14H19NO4. The van der Waals surface area contributed by atoms with E-state index in [1.165, 1.54) is 0 Å². The Morgan fingerprint density at radius 1 is 1.16 bits per heavy atom. The lowest BCUT2D eigenvalue weighted by Gasteiger charge is -2.37. The third kappa shape index (κ3) is 2.06. The third-order valence-corrected chi connectivity index (χ3v) is 4.90. The molecule has 0 aromatic heterocycles. The quantitative estimate of drug-likeness (QED) is 0.718. The van der Waals surface area contributed by atoms with E-state index < -0.39 is 11.6 Å². The Kier molecular flexibility index (Phi) is 2.89. The summed E-state index contributed by atoms with van der Waals surface area (Å²) < 4.78 is 0. The van der Waals surface area contributed by atoms with Gasteiger partial charge in [-0.2, -0.15) is 0 Å². The van der Waals surface area contributed by atoms with Gasteiger partial charge in [0.1, 0.15) is 0 Å². The summed E-state index contributed by atoms with van der Waals surface area (Å²) in [5.41, 5.74) is -1.65. The molecule has 3 aliphatic rings. The van der Waals surface area contributed by atoms with Crippen molar-refractivity contribution in [2.75, 3.05) is 13.1 Å². The predicted molar refractivity (Wildman–Crippen MR) is 67.2 cm³/mol. The van der Waals surface area contributed by atoms with E-state index in [4.69, 9.17) is 5.11 Å². The Morgan fingerprint density at radius 2 is 1.84 bits per heavy atom. The fourth-order valence-electron chi connectivity index (χ4n) is 3.61. The molecule has 3 rings (SSSR count). The number of carbonyl (C=O) groups excluding carboxylic acids is 1. The van der Waals surface area contributed by atoms with Gasteiger partial charge in [-0.3, -0.25) is 4.79 Å². The van der Waals surface area contributed by atoms with Crippen LogP contribution in [0.15, 0.2) is 12.2 Å². The zero-order valence-electron chi connectivity index (χ0n) is 10.8. The average Bonchev–Trinajstić information content (AvgIpc) is 3.01. The maximum absolute atomic E-state index is 12.4. The molecule has 2 aliphatic carbocycles. The molecule has 3 unspecified atom stereocenters. The summed E-state index contributed by atoms with van der Waals surface area (Å²) in [5, 5.41) is 18.8. The number of aliphatic carboxylic acids is 1. The van der Waals surface area contributed by atoms with Gasteiger partial charge >= 0.3 is 5.97 Å². The van der Waals surface area contributed by atoms with E-state index in [1.54, 1.807) is 4.90 Å². The van der Waals surface area contributed by atoms with E-state index in [2.05, 4.69) is 12.2 Å². The van der Waals surface area contributed by atoms with Gasteiger partial charge in [-0.25, -0.2) is 4.79 Å². The largest absolute Gasteiger partial charge is 0.479 e. The molecule has 1 heterocycles. The molecule has 0 aromatic rings. The lowest BCUT2D eigenvalue weighted by atomic mass is 9.88. The van der Waals surface area contributed by atoms with E-state index in [-0.39, 0.29) is 24.7 Å². The summed E-state index contributed by atoms with van der Waals surface area (Å²) in [6.45, 7) is 0.693. The smallest absolute Gasteiger partial charge is 0.335 e. The highest BCUT2D eigenvalue weighted by atomic mass is 16.4. The predicted octanol–water partition coefficient (Wildman–Crippen LogP) is 0.637. The molecule has 0 aromatic carbocycles. The monoisotopic (exact) mass is 265 g/mol. The molecular weight excluding hydrogens is 246 g/mol. The number of allylic oxidation sites excluding steroid dienone is 2. The van der Waals surface area contributed by atoms with Crippen LogP contribution >= 0.6 is 0 Å². The molecule has 0 spiro atoms. The highest BCUT2D eigenvalue weighted by molar-refractivity contribution is 5.81. The minimum Gasteiger partial charge on any atom is -0.479 e. The summed E-state index contributed by atoms with van der Waals surface area (Å²) in [6.07, 6.45) is 6.63. The molecule has 1 aliphatic heterocycles. The van der Waals surface area contributed by atoms with Crippen LogP contribution in [0.3, 0.4) is 0 Å². The molecule has 1 amide bonds. The van der Waals surface area contributed by atoms with Crippen molar-refractivity contribution in [2.24, 2.45) is 17.8 Å². The minimum absolute atomic E-state index is 0.0750. The fourth-order valence-corrected chi connectivity index (χ4v) is 3.61. The number of rotatable bonds is 2. The van der Waals surface area contributed by atoms with Gasteiger partial charge in [0.15, 0.2) is 5.60 Å². The Labute approximate surface area is 111 Å². The second-order valence-corrected chi connectivity index (χ2v) is 6.05.